The van der Waals surface area contributed by atoms with Gasteiger partial charge in [0.05, 0.1) is 32.2 Å². The maximum atomic E-state index is 13.8. The van der Waals surface area contributed by atoms with E-state index in [-0.39, 0.29) is 39.4 Å². The quantitative estimate of drug-likeness (QED) is 0.157. The molecule has 264 valence electrons. The van der Waals surface area contributed by atoms with Crippen LogP contribution in [0.5, 0.6) is 0 Å². The van der Waals surface area contributed by atoms with Crippen molar-refractivity contribution in [3.05, 3.63) is 98.7 Å². The first-order valence-corrected chi connectivity index (χ1v) is 18.3. The third kappa shape index (κ3) is 8.31. The Morgan fingerprint density at radius 3 is 2.46 bits per heavy atom. The van der Waals surface area contributed by atoms with Gasteiger partial charge < -0.3 is 24.1 Å². The Labute approximate surface area is 299 Å². The highest BCUT2D eigenvalue weighted by Crippen LogP contribution is 2.35. The molecule has 0 bridgehead atoms. The maximum absolute atomic E-state index is 13.8. The number of furan rings is 1. The SMILES string of the molecule is CC(OC(=O)C(Cc1cccc(S(C)(=O)=O)c1)NC(=O)c1c(Cl)cc2c(c1Cl)CCN(C(=O)c1ccc3ccoc3c1)C2)OC(=O)C(C)(C)C. The molecule has 0 fully saturated rings. The lowest BCUT2D eigenvalue weighted by Gasteiger charge is -2.30. The molecule has 5 rings (SSSR count). The van der Waals surface area contributed by atoms with E-state index >= 15 is 0 Å². The van der Waals surface area contributed by atoms with Gasteiger partial charge in [0.2, 0.25) is 6.29 Å². The van der Waals surface area contributed by atoms with Crippen LogP contribution in [-0.2, 0) is 48.3 Å². The first kappa shape index (κ1) is 36.9. The summed E-state index contributed by atoms with van der Waals surface area (Å²) in [4.78, 5) is 54.7. The Morgan fingerprint density at radius 1 is 1.02 bits per heavy atom. The number of benzene rings is 3. The molecule has 2 heterocycles. The molecule has 1 N–H and O–H groups in total. The number of esters is 2. The molecule has 3 aromatic carbocycles. The topological polar surface area (TPSA) is 149 Å². The molecule has 50 heavy (non-hydrogen) atoms. The number of ether oxygens (including phenoxy) is 2. The number of fused-ring (bicyclic) bond motifs is 2. The smallest absolute Gasteiger partial charge is 0.332 e. The zero-order valence-corrected chi connectivity index (χ0v) is 30.4. The van der Waals surface area contributed by atoms with Gasteiger partial charge in [-0.15, -0.1) is 0 Å². The summed E-state index contributed by atoms with van der Waals surface area (Å²) in [6.45, 7) is 6.81. The second-order valence-corrected chi connectivity index (χ2v) is 15.9. The van der Waals surface area contributed by atoms with Gasteiger partial charge in [-0.05, 0) is 80.3 Å². The summed E-state index contributed by atoms with van der Waals surface area (Å²) < 4.78 is 40.5. The molecule has 1 aliphatic heterocycles. The molecule has 0 aliphatic carbocycles. The van der Waals surface area contributed by atoms with E-state index in [2.05, 4.69) is 5.32 Å². The van der Waals surface area contributed by atoms with Crippen LogP contribution in [0.1, 0.15) is 65.1 Å². The average molecular weight is 744 g/mol. The van der Waals surface area contributed by atoms with Crippen LogP contribution in [-0.4, -0.2) is 62.2 Å². The number of rotatable bonds is 9. The molecule has 14 heteroatoms. The number of carbonyl (C=O) groups is 4. The molecular formula is C36H36Cl2N2O9S. The van der Waals surface area contributed by atoms with Crippen LogP contribution < -0.4 is 5.32 Å². The minimum atomic E-state index is -3.57. The fourth-order valence-corrected chi connectivity index (χ4v) is 6.92. The summed E-state index contributed by atoms with van der Waals surface area (Å²) in [6.07, 6.45) is 1.48. The highest BCUT2D eigenvalue weighted by Gasteiger charge is 2.32. The summed E-state index contributed by atoms with van der Waals surface area (Å²) in [5, 5.41) is 3.59. The third-order valence-electron chi connectivity index (χ3n) is 8.15. The largest absolute Gasteiger partial charge is 0.464 e. The van der Waals surface area contributed by atoms with E-state index in [1.165, 1.54) is 25.1 Å². The van der Waals surface area contributed by atoms with E-state index in [4.69, 9.17) is 37.1 Å². The van der Waals surface area contributed by atoms with Gasteiger partial charge in [0.15, 0.2) is 9.84 Å². The van der Waals surface area contributed by atoms with Crippen molar-refractivity contribution in [3.63, 3.8) is 0 Å². The van der Waals surface area contributed by atoms with Crippen LogP contribution in [0.25, 0.3) is 11.0 Å². The summed E-state index contributed by atoms with van der Waals surface area (Å²) >= 11 is 13.4. The molecule has 2 unspecified atom stereocenters. The number of carbonyl (C=O) groups excluding carboxylic acids is 4. The van der Waals surface area contributed by atoms with Crippen molar-refractivity contribution >= 4 is 67.8 Å². The Balaban J connectivity index is 1.38. The summed E-state index contributed by atoms with van der Waals surface area (Å²) in [7, 11) is -3.57. The van der Waals surface area contributed by atoms with Gasteiger partial charge in [-0.25, -0.2) is 13.2 Å². The zero-order chi connectivity index (χ0) is 36.5. The zero-order valence-electron chi connectivity index (χ0n) is 28.0. The van der Waals surface area contributed by atoms with Gasteiger partial charge in [-0.2, -0.15) is 0 Å². The lowest BCUT2D eigenvalue weighted by molar-refractivity contribution is -0.191. The molecule has 0 spiro atoms. The lowest BCUT2D eigenvalue weighted by Crippen LogP contribution is -2.45. The van der Waals surface area contributed by atoms with Gasteiger partial charge in [0.25, 0.3) is 11.8 Å². The van der Waals surface area contributed by atoms with Crippen LogP contribution in [0.4, 0.5) is 0 Å². The number of amides is 2. The minimum Gasteiger partial charge on any atom is -0.464 e. The van der Waals surface area contributed by atoms with Crippen molar-refractivity contribution in [1.82, 2.24) is 10.2 Å². The molecular weight excluding hydrogens is 707 g/mol. The van der Waals surface area contributed by atoms with Crippen LogP contribution >= 0.6 is 23.2 Å². The Hall–Kier alpha value is -4.39. The van der Waals surface area contributed by atoms with Crippen LogP contribution in [0.15, 0.2) is 70.2 Å². The van der Waals surface area contributed by atoms with Crippen molar-refractivity contribution in [2.24, 2.45) is 5.41 Å². The van der Waals surface area contributed by atoms with E-state index in [0.29, 0.717) is 40.8 Å². The van der Waals surface area contributed by atoms with Crippen molar-refractivity contribution < 1.29 is 41.5 Å². The van der Waals surface area contributed by atoms with Crippen molar-refractivity contribution in [3.8, 4) is 0 Å². The Morgan fingerprint density at radius 2 is 1.76 bits per heavy atom. The minimum absolute atomic E-state index is 0.00350. The highest BCUT2D eigenvalue weighted by atomic mass is 35.5. The number of hydrogen-bond acceptors (Lipinski definition) is 9. The number of nitrogens with zero attached hydrogens (tertiary/aromatic N) is 1. The first-order valence-electron chi connectivity index (χ1n) is 15.7. The molecule has 1 aromatic heterocycles. The Kier molecular flexibility index (Phi) is 10.7. The van der Waals surface area contributed by atoms with Crippen LogP contribution in [0.2, 0.25) is 10.0 Å². The fraction of sp³-hybridized carbons (Fsp3) is 0.333. The van der Waals surface area contributed by atoms with E-state index < -0.39 is 45.4 Å². The average Bonchev–Trinajstić information content (AvgIpc) is 3.51. The highest BCUT2D eigenvalue weighted by molar-refractivity contribution is 7.90. The first-order chi connectivity index (χ1) is 23.4. The van der Waals surface area contributed by atoms with E-state index in [1.54, 1.807) is 56.2 Å². The molecule has 2 amide bonds. The van der Waals surface area contributed by atoms with Crippen molar-refractivity contribution in [1.29, 1.82) is 0 Å². The summed E-state index contributed by atoms with van der Waals surface area (Å²) in [5.74, 6) is -2.53. The van der Waals surface area contributed by atoms with E-state index in [9.17, 15) is 27.6 Å². The Bertz CT molecular complexity index is 2100. The van der Waals surface area contributed by atoms with Crippen LogP contribution in [0.3, 0.4) is 0 Å². The lowest BCUT2D eigenvalue weighted by atomic mass is 9.95. The monoisotopic (exact) mass is 742 g/mol. The van der Waals surface area contributed by atoms with Crippen molar-refractivity contribution in [2.45, 2.75) is 64.3 Å². The molecule has 0 radical (unpaired) electrons. The molecule has 0 saturated carbocycles. The maximum Gasteiger partial charge on any atom is 0.332 e. The van der Waals surface area contributed by atoms with Gasteiger partial charge >= 0.3 is 11.9 Å². The molecule has 2 atom stereocenters. The number of nitrogens with one attached hydrogen (secondary N) is 1. The predicted molar refractivity (Wildman–Crippen MR) is 187 cm³/mol. The second kappa shape index (κ2) is 14.5. The second-order valence-electron chi connectivity index (χ2n) is 13.1. The molecule has 0 saturated heterocycles. The molecule has 1 aliphatic rings. The van der Waals surface area contributed by atoms with Crippen LogP contribution in [0, 0.1) is 5.41 Å². The number of hydrogen-bond donors (Lipinski definition) is 1. The summed E-state index contributed by atoms with van der Waals surface area (Å²) in [6, 6.07) is 13.2. The fourth-order valence-electron chi connectivity index (χ4n) is 5.46. The van der Waals surface area contributed by atoms with Gasteiger partial charge in [-0.1, -0.05) is 41.4 Å². The molecule has 11 nitrogen and oxygen atoms in total. The standard InChI is InChI=1S/C36H36Cl2N2O9S/c1-20(49-35(44)36(2,3)4)48-34(43)28(16-21-7-6-8-25(15-21)50(5,45)46)39-32(41)30-27(37)17-24-19-40(13-11-26(24)31(30)38)33(42)23-10-9-22-12-14-47-29(22)18-23/h6-10,12,14-15,17-18,20,28H,11,13,16,19H2,1-5H3,(H,39,41). The number of sulfone groups is 1. The van der Waals surface area contributed by atoms with Gasteiger partial charge in [0, 0.05) is 43.6 Å². The van der Waals surface area contributed by atoms with E-state index in [1.807, 2.05) is 12.1 Å². The van der Waals surface area contributed by atoms with Crippen molar-refractivity contribution in [2.75, 3.05) is 12.8 Å². The van der Waals surface area contributed by atoms with E-state index in [0.717, 1.165) is 11.6 Å². The van der Waals surface area contributed by atoms with Gasteiger partial charge in [-0.3, -0.25) is 14.4 Å². The summed E-state index contributed by atoms with van der Waals surface area (Å²) in [5.41, 5.74) is 1.83. The normalized spacial score (nSPS) is 14.4. The third-order valence-corrected chi connectivity index (χ3v) is 9.97. The number of halogens is 2. The van der Waals surface area contributed by atoms with Gasteiger partial charge in [0.1, 0.15) is 11.6 Å². The predicted octanol–water partition coefficient (Wildman–Crippen LogP) is 6.16. The molecule has 4 aromatic rings.